The third-order valence-corrected chi connectivity index (χ3v) is 6.85. The number of aromatic nitrogens is 1. The summed E-state index contributed by atoms with van der Waals surface area (Å²) < 4.78 is 38.0. The van der Waals surface area contributed by atoms with Crippen molar-refractivity contribution >= 4 is 21.0 Å². The smallest absolute Gasteiger partial charge is 0.297 e. The summed E-state index contributed by atoms with van der Waals surface area (Å²) >= 11 is 0. The zero-order valence-corrected chi connectivity index (χ0v) is 19.1. The van der Waals surface area contributed by atoms with Gasteiger partial charge in [-0.3, -0.25) is 4.18 Å². The van der Waals surface area contributed by atoms with Gasteiger partial charge in [0.2, 0.25) is 0 Å². The quantitative estimate of drug-likeness (QED) is 0.326. The molecule has 0 bridgehead atoms. The van der Waals surface area contributed by atoms with Gasteiger partial charge < -0.3 is 9.30 Å². The second-order valence-corrected chi connectivity index (χ2v) is 9.46. The lowest BCUT2D eigenvalue weighted by Crippen LogP contribution is -2.12. The molecule has 0 spiro atoms. The zero-order chi connectivity index (χ0) is 22.6. The molecule has 4 rings (SSSR count). The largest absolute Gasteiger partial charge is 0.493 e. The standard InChI is InChI=1S/C26H27NO4S/c1-20-7-11-25(12-8-20)32(28,29)31-18-16-27-15-13-23-9-10-24(19-26(23)27)30-17-14-22-6-4-3-5-21(22)2/h3-13,15,19H,14,16-18H2,1-2H3. The molecule has 0 amide bonds. The van der Waals surface area contributed by atoms with Crippen LogP contribution in [0.25, 0.3) is 10.9 Å². The Hall–Kier alpha value is -3.09. The first-order chi connectivity index (χ1) is 15.4. The summed E-state index contributed by atoms with van der Waals surface area (Å²) in [5.41, 5.74) is 4.53. The van der Waals surface area contributed by atoms with Crippen LogP contribution in [0.3, 0.4) is 0 Å². The lowest BCUT2D eigenvalue weighted by Gasteiger charge is -2.10. The fourth-order valence-electron chi connectivity index (χ4n) is 3.64. The van der Waals surface area contributed by atoms with Crippen molar-refractivity contribution in [2.45, 2.75) is 31.7 Å². The Morgan fingerprint density at radius 2 is 1.66 bits per heavy atom. The van der Waals surface area contributed by atoms with E-state index >= 15 is 0 Å². The molecule has 6 heteroatoms. The number of nitrogens with zero attached hydrogens (tertiary/aromatic N) is 1. The Morgan fingerprint density at radius 3 is 2.44 bits per heavy atom. The molecule has 1 heterocycles. The third kappa shape index (κ3) is 5.21. The van der Waals surface area contributed by atoms with Crippen molar-refractivity contribution < 1.29 is 17.3 Å². The van der Waals surface area contributed by atoms with E-state index in [0.29, 0.717) is 13.2 Å². The molecule has 5 nitrogen and oxygen atoms in total. The van der Waals surface area contributed by atoms with Crippen LogP contribution in [0.4, 0.5) is 0 Å². The second kappa shape index (κ2) is 9.59. The highest BCUT2D eigenvalue weighted by Gasteiger charge is 2.15. The predicted octanol–water partition coefficient (Wildman–Crippen LogP) is 5.29. The van der Waals surface area contributed by atoms with Gasteiger partial charge >= 0.3 is 0 Å². The average Bonchev–Trinajstić information content (AvgIpc) is 3.18. The molecule has 4 aromatic rings. The molecule has 0 aliphatic rings. The summed E-state index contributed by atoms with van der Waals surface area (Å²) in [6, 6.07) is 22.9. The Kier molecular flexibility index (Phi) is 6.63. The van der Waals surface area contributed by atoms with Gasteiger partial charge in [0.05, 0.1) is 23.6 Å². The Morgan fingerprint density at radius 1 is 0.875 bits per heavy atom. The zero-order valence-electron chi connectivity index (χ0n) is 18.3. The van der Waals surface area contributed by atoms with Crippen molar-refractivity contribution in [2.75, 3.05) is 13.2 Å². The SMILES string of the molecule is Cc1ccc(S(=O)(=O)OCCn2ccc3ccc(OCCc4ccccc4C)cc32)cc1. The van der Waals surface area contributed by atoms with Crippen molar-refractivity contribution in [3.63, 3.8) is 0 Å². The molecule has 0 aliphatic heterocycles. The Bertz CT molecular complexity index is 1310. The Balaban J connectivity index is 1.38. The maximum Gasteiger partial charge on any atom is 0.297 e. The minimum absolute atomic E-state index is 0.0539. The summed E-state index contributed by atoms with van der Waals surface area (Å²) in [6.07, 6.45) is 2.78. The van der Waals surface area contributed by atoms with Gasteiger partial charge in [-0.25, -0.2) is 0 Å². The Labute approximate surface area is 189 Å². The molecule has 3 aromatic carbocycles. The first kappa shape index (κ1) is 22.1. The van der Waals surface area contributed by atoms with Crippen LogP contribution in [0, 0.1) is 13.8 Å². The van der Waals surface area contributed by atoms with E-state index in [4.69, 9.17) is 8.92 Å². The molecule has 0 aliphatic carbocycles. The van der Waals surface area contributed by atoms with Gasteiger partial charge in [0.15, 0.2) is 0 Å². The molecule has 166 valence electrons. The molecule has 1 aromatic heterocycles. The lowest BCUT2D eigenvalue weighted by molar-refractivity contribution is 0.302. The molecule has 0 atom stereocenters. The second-order valence-electron chi connectivity index (χ2n) is 7.84. The summed E-state index contributed by atoms with van der Waals surface area (Å²) in [5, 5.41) is 1.07. The van der Waals surface area contributed by atoms with Crippen LogP contribution in [0.2, 0.25) is 0 Å². The van der Waals surface area contributed by atoms with E-state index in [9.17, 15) is 8.42 Å². The third-order valence-electron chi connectivity index (χ3n) is 5.53. The number of aryl methyl sites for hydroxylation is 2. The van der Waals surface area contributed by atoms with Crippen molar-refractivity contribution in [2.24, 2.45) is 0 Å². The fourth-order valence-corrected chi connectivity index (χ4v) is 4.54. The topological polar surface area (TPSA) is 57.5 Å². The number of ether oxygens (including phenoxy) is 1. The van der Waals surface area contributed by atoms with Crippen LogP contribution in [0.1, 0.15) is 16.7 Å². The molecular weight excluding hydrogens is 422 g/mol. The minimum Gasteiger partial charge on any atom is -0.493 e. The summed E-state index contributed by atoms with van der Waals surface area (Å²) in [5.74, 6) is 0.791. The molecule has 0 N–H and O–H groups in total. The monoisotopic (exact) mass is 449 g/mol. The molecule has 0 saturated heterocycles. The van der Waals surface area contributed by atoms with Crippen LogP contribution in [-0.2, 0) is 27.3 Å². The number of hydrogen-bond acceptors (Lipinski definition) is 4. The van der Waals surface area contributed by atoms with Crippen LogP contribution < -0.4 is 4.74 Å². The van der Waals surface area contributed by atoms with E-state index in [2.05, 4.69) is 19.1 Å². The van der Waals surface area contributed by atoms with Crippen molar-refractivity contribution in [1.29, 1.82) is 0 Å². The summed E-state index contributed by atoms with van der Waals surface area (Å²) in [6.45, 7) is 5.08. The normalized spacial score (nSPS) is 11.7. The van der Waals surface area contributed by atoms with Gasteiger partial charge in [-0.05, 0) is 60.7 Å². The van der Waals surface area contributed by atoms with Crippen molar-refractivity contribution in [3.8, 4) is 5.75 Å². The van der Waals surface area contributed by atoms with Gasteiger partial charge in [-0.15, -0.1) is 0 Å². The van der Waals surface area contributed by atoms with E-state index in [1.807, 2.05) is 54.1 Å². The first-order valence-corrected chi connectivity index (χ1v) is 12.1. The number of fused-ring (bicyclic) bond motifs is 1. The highest BCUT2D eigenvalue weighted by molar-refractivity contribution is 7.86. The summed E-state index contributed by atoms with van der Waals surface area (Å²) in [7, 11) is -3.77. The molecular formula is C26H27NO4S. The molecule has 0 unspecified atom stereocenters. The minimum atomic E-state index is -3.77. The van der Waals surface area contributed by atoms with E-state index < -0.39 is 10.1 Å². The van der Waals surface area contributed by atoms with Crippen LogP contribution in [0.5, 0.6) is 5.75 Å². The van der Waals surface area contributed by atoms with Crippen molar-refractivity contribution in [1.82, 2.24) is 4.57 Å². The molecule has 32 heavy (non-hydrogen) atoms. The van der Waals surface area contributed by atoms with E-state index in [0.717, 1.165) is 28.6 Å². The first-order valence-electron chi connectivity index (χ1n) is 10.6. The highest BCUT2D eigenvalue weighted by atomic mass is 32.2. The van der Waals surface area contributed by atoms with Crippen molar-refractivity contribution in [3.05, 3.63) is 95.7 Å². The van der Waals surface area contributed by atoms with E-state index in [1.54, 1.807) is 24.3 Å². The fraction of sp³-hybridized carbons (Fsp3) is 0.231. The molecule has 0 radical (unpaired) electrons. The number of hydrogen-bond donors (Lipinski definition) is 0. The maximum absolute atomic E-state index is 12.4. The van der Waals surface area contributed by atoms with E-state index in [-0.39, 0.29) is 11.5 Å². The maximum atomic E-state index is 12.4. The van der Waals surface area contributed by atoms with Crippen LogP contribution in [0.15, 0.2) is 83.9 Å². The summed E-state index contributed by atoms with van der Waals surface area (Å²) in [4.78, 5) is 0.171. The van der Waals surface area contributed by atoms with Crippen LogP contribution in [-0.4, -0.2) is 26.2 Å². The number of benzene rings is 3. The van der Waals surface area contributed by atoms with Gasteiger partial charge in [0.1, 0.15) is 5.75 Å². The van der Waals surface area contributed by atoms with Gasteiger partial charge in [0, 0.05) is 25.2 Å². The molecule has 0 saturated carbocycles. The predicted molar refractivity (Wildman–Crippen MR) is 127 cm³/mol. The van der Waals surface area contributed by atoms with Crippen LogP contribution >= 0.6 is 0 Å². The number of rotatable bonds is 9. The van der Waals surface area contributed by atoms with Gasteiger partial charge in [-0.2, -0.15) is 8.42 Å². The lowest BCUT2D eigenvalue weighted by atomic mass is 10.1. The highest BCUT2D eigenvalue weighted by Crippen LogP contribution is 2.23. The average molecular weight is 450 g/mol. The molecule has 0 fully saturated rings. The van der Waals surface area contributed by atoms with Gasteiger partial charge in [0.25, 0.3) is 10.1 Å². The van der Waals surface area contributed by atoms with E-state index in [1.165, 1.54) is 11.1 Å². The van der Waals surface area contributed by atoms with Gasteiger partial charge in [-0.1, -0.05) is 42.0 Å².